The second-order valence-electron chi connectivity index (χ2n) is 4.61. The molecule has 1 aromatic carbocycles. The van der Waals surface area contributed by atoms with Gasteiger partial charge in [-0.25, -0.2) is 4.79 Å². The van der Waals surface area contributed by atoms with Gasteiger partial charge in [0.2, 0.25) is 0 Å². The number of rotatable bonds is 5. The molecule has 0 fully saturated rings. The van der Waals surface area contributed by atoms with Crippen molar-refractivity contribution in [1.82, 2.24) is 0 Å². The maximum Gasteiger partial charge on any atom is 0.328 e. The van der Waals surface area contributed by atoms with E-state index < -0.39 is 5.97 Å². The van der Waals surface area contributed by atoms with Gasteiger partial charge in [-0.15, -0.1) is 0 Å². The molecule has 104 valence electrons. The van der Waals surface area contributed by atoms with E-state index in [1.807, 2.05) is 32.9 Å². The number of methoxy groups -OCH3 is 2. The van der Waals surface area contributed by atoms with Gasteiger partial charge >= 0.3 is 5.97 Å². The van der Waals surface area contributed by atoms with Gasteiger partial charge in [-0.05, 0) is 36.1 Å². The van der Waals surface area contributed by atoms with Crippen LogP contribution in [0.5, 0.6) is 11.5 Å². The largest absolute Gasteiger partial charge is 0.496 e. The molecule has 0 radical (unpaired) electrons. The van der Waals surface area contributed by atoms with Crippen molar-refractivity contribution in [3.8, 4) is 11.5 Å². The minimum atomic E-state index is -0.967. The summed E-state index contributed by atoms with van der Waals surface area (Å²) in [6.07, 6.45) is 1.22. The highest BCUT2D eigenvalue weighted by Gasteiger charge is 2.16. The highest BCUT2D eigenvalue weighted by atomic mass is 16.5. The average Bonchev–Trinajstić information content (AvgIpc) is 2.35. The molecule has 1 rings (SSSR count). The van der Waals surface area contributed by atoms with Gasteiger partial charge in [0.1, 0.15) is 11.5 Å². The Balaban J connectivity index is 3.49. The number of carboxylic acids is 1. The lowest BCUT2D eigenvalue weighted by molar-refractivity contribution is -0.131. The Labute approximate surface area is 113 Å². The molecule has 0 aliphatic carbocycles. The van der Waals surface area contributed by atoms with Crippen LogP contribution >= 0.6 is 0 Å². The Morgan fingerprint density at radius 2 is 1.79 bits per heavy atom. The van der Waals surface area contributed by atoms with E-state index in [-0.39, 0.29) is 5.92 Å². The third-order valence-electron chi connectivity index (χ3n) is 2.93. The zero-order chi connectivity index (χ0) is 14.6. The molecule has 0 bridgehead atoms. The molecular weight excluding hydrogens is 244 g/mol. The molecular formula is C15H20O4. The van der Waals surface area contributed by atoms with E-state index in [1.165, 1.54) is 6.08 Å². The van der Waals surface area contributed by atoms with Gasteiger partial charge in [0, 0.05) is 11.6 Å². The molecule has 0 saturated heterocycles. The van der Waals surface area contributed by atoms with Crippen molar-refractivity contribution < 1.29 is 19.4 Å². The number of hydrogen-bond donors (Lipinski definition) is 1. The third-order valence-corrected chi connectivity index (χ3v) is 2.93. The fraction of sp³-hybridized carbons (Fsp3) is 0.400. The van der Waals surface area contributed by atoms with E-state index in [0.717, 1.165) is 11.1 Å². The second-order valence-corrected chi connectivity index (χ2v) is 4.61. The molecule has 0 spiro atoms. The quantitative estimate of drug-likeness (QED) is 0.830. The van der Waals surface area contributed by atoms with E-state index >= 15 is 0 Å². The minimum absolute atomic E-state index is 0.0670. The van der Waals surface area contributed by atoms with Crippen molar-refractivity contribution in [3.05, 3.63) is 29.3 Å². The number of carbonyl (C=O) groups is 1. The first-order chi connectivity index (χ1) is 8.90. The predicted molar refractivity (Wildman–Crippen MR) is 74.7 cm³/mol. The Bertz CT molecular complexity index is 501. The summed E-state index contributed by atoms with van der Waals surface area (Å²) in [6, 6.07) is 3.68. The Hall–Kier alpha value is -1.97. The van der Waals surface area contributed by atoms with Crippen molar-refractivity contribution in [1.29, 1.82) is 0 Å². The average molecular weight is 264 g/mol. The van der Waals surface area contributed by atoms with Crippen molar-refractivity contribution in [2.45, 2.75) is 20.8 Å². The summed E-state index contributed by atoms with van der Waals surface area (Å²) in [7, 11) is 3.16. The fourth-order valence-electron chi connectivity index (χ4n) is 1.96. The first-order valence-electron chi connectivity index (χ1n) is 6.08. The van der Waals surface area contributed by atoms with Crippen LogP contribution in [-0.4, -0.2) is 25.3 Å². The minimum Gasteiger partial charge on any atom is -0.496 e. The van der Waals surface area contributed by atoms with Crippen LogP contribution in [0.4, 0.5) is 0 Å². The molecule has 0 unspecified atom stereocenters. The molecule has 19 heavy (non-hydrogen) atoms. The predicted octanol–water partition coefficient (Wildman–Crippen LogP) is 3.14. The van der Waals surface area contributed by atoms with Gasteiger partial charge in [-0.3, -0.25) is 0 Å². The number of aryl methyl sites for hydroxylation is 1. The molecule has 0 heterocycles. The van der Waals surface area contributed by atoms with Gasteiger partial charge in [-0.1, -0.05) is 13.8 Å². The maximum absolute atomic E-state index is 11.0. The summed E-state index contributed by atoms with van der Waals surface area (Å²) in [4.78, 5) is 11.0. The van der Waals surface area contributed by atoms with Crippen LogP contribution in [0.15, 0.2) is 18.2 Å². The van der Waals surface area contributed by atoms with Crippen LogP contribution in [0.3, 0.4) is 0 Å². The molecule has 0 amide bonds. The SMILES string of the molecule is COc1cc(/C(=C/C(=O)O)C(C)C)c(OC)cc1C. The number of benzene rings is 1. The van der Waals surface area contributed by atoms with Gasteiger partial charge in [-0.2, -0.15) is 0 Å². The Kier molecular flexibility index (Phi) is 4.98. The molecule has 4 heteroatoms. The Morgan fingerprint density at radius 3 is 2.21 bits per heavy atom. The van der Waals surface area contributed by atoms with Crippen molar-refractivity contribution in [2.75, 3.05) is 14.2 Å². The molecule has 1 aromatic rings. The zero-order valence-electron chi connectivity index (χ0n) is 12.0. The van der Waals surface area contributed by atoms with Crippen molar-refractivity contribution in [2.24, 2.45) is 5.92 Å². The molecule has 0 saturated carbocycles. The van der Waals surface area contributed by atoms with Crippen LogP contribution in [0, 0.1) is 12.8 Å². The normalized spacial score (nSPS) is 11.6. The van der Waals surface area contributed by atoms with E-state index in [4.69, 9.17) is 14.6 Å². The van der Waals surface area contributed by atoms with Crippen molar-refractivity contribution in [3.63, 3.8) is 0 Å². The number of hydrogen-bond acceptors (Lipinski definition) is 3. The first kappa shape index (κ1) is 15.1. The molecule has 0 atom stereocenters. The lowest BCUT2D eigenvalue weighted by Crippen LogP contribution is -2.02. The van der Waals surface area contributed by atoms with Crippen LogP contribution in [0.2, 0.25) is 0 Å². The first-order valence-corrected chi connectivity index (χ1v) is 6.08. The van der Waals surface area contributed by atoms with Crippen LogP contribution in [-0.2, 0) is 4.79 Å². The van der Waals surface area contributed by atoms with E-state index in [9.17, 15) is 4.79 Å². The summed E-state index contributed by atoms with van der Waals surface area (Å²) in [5, 5.41) is 8.99. The highest BCUT2D eigenvalue weighted by molar-refractivity contribution is 5.91. The standard InChI is InChI=1S/C15H20O4/c1-9(2)11(8-15(16)17)12-7-13(18-4)10(3)6-14(12)19-5/h6-9H,1-5H3,(H,16,17)/b11-8+. The number of allylic oxidation sites excluding steroid dienone is 1. The zero-order valence-corrected chi connectivity index (χ0v) is 12.0. The van der Waals surface area contributed by atoms with Gasteiger partial charge in [0.05, 0.1) is 14.2 Å². The second kappa shape index (κ2) is 6.27. The molecule has 1 N–H and O–H groups in total. The summed E-state index contributed by atoms with van der Waals surface area (Å²) in [5.41, 5.74) is 2.41. The molecule has 0 aromatic heterocycles. The summed E-state index contributed by atoms with van der Waals surface area (Å²) in [5.74, 6) is 0.468. The third kappa shape index (κ3) is 3.50. The summed E-state index contributed by atoms with van der Waals surface area (Å²) in [6.45, 7) is 5.81. The summed E-state index contributed by atoms with van der Waals surface area (Å²) >= 11 is 0. The van der Waals surface area contributed by atoms with E-state index in [1.54, 1.807) is 14.2 Å². The van der Waals surface area contributed by atoms with Gasteiger partial charge in [0.25, 0.3) is 0 Å². The molecule has 0 aliphatic heterocycles. The van der Waals surface area contributed by atoms with E-state index in [2.05, 4.69) is 0 Å². The number of ether oxygens (including phenoxy) is 2. The Morgan fingerprint density at radius 1 is 1.21 bits per heavy atom. The van der Waals surface area contributed by atoms with Crippen LogP contribution in [0.1, 0.15) is 25.0 Å². The number of aliphatic carboxylic acids is 1. The number of carboxylic acid groups (broad SMARTS) is 1. The molecule has 0 aliphatic rings. The van der Waals surface area contributed by atoms with Gasteiger partial charge in [0.15, 0.2) is 0 Å². The molecule has 4 nitrogen and oxygen atoms in total. The smallest absolute Gasteiger partial charge is 0.328 e. The summed E-state index contributed by atoms with van der Waals surface area (Å²) < 4.78 is 10.6. The topological polar surface area (TPSA) is 55.8 Å². The lowest BCUT2D eigenvalue weighted by Gasteiger charge is -2.17. The van der Waals surface area contributed by atoms with Gasteiger partial charge < -0.3 is 14.6 Å². The lowest BCUT2D eigenvalue weighted by atomic mass is 9.93. The maximum atomic E-state index is 11.0. The highest BCUT2D eigenvalue weighted by Crippen LogP contribution is 2.36. The van der Waals surface area contributed by atoms with E-state index in [0.29, 0.717) is 17.1 Å². The fourth-order valence-corrected chi connectivity index (χ4v) is 1.96. The monoisotopic (exact) mass is 264 g/mol. The van der Waals surface area contributed by atoms with Crippen LogP contribution < -0.4 is 9.47 Å². The van der Waals surface area contributed by atoms with Crippen molar-refractivity contribution >= 4 is 11.5 Å². The van der Waals surface area contributed by atoms with Crippen LogP contribution in [0.25, 0.3) is 5.57 Å².